The van der Waals surface area contributed by atoms with Gasteiger partial charge in [-0.25, -0.2) is 0 Å². The molecule has 0 aromatic carbocycles. The fourth-order valence-electron chi connectivity index (χ4n) is 2.49. The summed E-state index contributed by atoms with van der Waals surface area (Å²) in [5.74, 6) is 2.16. The van der Waals surface area contributed by atoms with Gasteiger partial charge >= 0.3 is 0 Å². The molecule has 0 aromatic heterocycles. The Bertz CT molecular complexity index is 144. The molecular formula is C9H19NS. The number of thiol groups is 1. The molecule has 1 fully saturated rings. The molecule has 0 radical (unpaired) electrons. The second-order valence-electron chi connectivity index (χ2n) is 3.93. The lowest BCUT2D eigenvalue weighted by atomic mass is 9.56. The normalized spacial score (nSPS) is 50.5. The van der Waals surface area contributed by atoms with E-state index in [0.29, 0.717) is 5.92 Å². The molecular weight excluding hydrogens is 154 g/mol. The number of nitrogens with two attached hydrogens (primary N) is 1. The standard InChI is InChI=1S/C9H19NS/c1-4-7-6(2)9(3,11)8(7)5-10/h6-8,11H,4-5,10H2,1-3H3/t6?,7?,8?,9-/m0/s1. The van der Waals surface area contributed by atoms with Crippen LogP contribution in [0, 0.1) is 17.8 Å². The Labute approximate surface area is 75.1 Å². The van der Waals surface area contributed by atoms with Crippen molar-refractivity contribution in [3.05, 3.63) is 0 Å². The molecule has 4 atom stereocenters. The molecule has 3 unspecified atom stereocenters. The molecule has 2 N–H and O–H groups in total. The highest BCUT2D eigenvalue weighted by atomic mass is 32.1. The molecule has 2 heteroatoms. The first-order valence-corrected chi connectivity index (χ1v) is 4.92. The highest BCUT2D eigenvalue weighted by Crippen LogP contribution is 2.53. The first-order valence-electron chi connectivity index (χ1n) is 4.48. The lowest BCUT2D eigenvalue weighted by Crippen LogP contribution is -2.58. The van der Waals surface area contributed by atoms with Crippen LogP contribution in [0.25, 0.3) is 0 Å². The van der Waals surface area contributed by atoms with E-state index in [1.54, 1.807) is 0 Å². The van der Waals surface area contributed by atoms with E-state index in [9.17, 15) is 0 Å². The predicted molar refractivity (Wildman–Crippen MR) is 52.9 cm³/mol. The van der Waals surface area contributed by atoms with E-state index < -0.39 is 0 Å². The first kappa shape index (κ1) is 9.40. The van der Waals surface area contributed by atoms with Crippen LogP contribution in [0.5, 0.6) is 0 Å². The zero-order valence-corrected chi connectivity index (χ0v) is 8.57. The summed E-state index contributed by atoms with van der Waals surface area (Å²) in [6.45, 7) is 7.54. The van der Waals surface area contributed by atoms with Gasteiger partial charge < -0.3 is 5.73 Å². The minimum absolute atomic E-state index is 0.190. The maximum Gasteiger partial charge on any atom is 0.0173 e. The van der Waals surface area contributed by atoms with Gasteiger partial charge in [-0.05, 0) is 24.3 Å². The molecule has 11 heavy (non-hydrogen) atoms. The largest absolute Gasteiger partial charge is 0.330 e. The van der Waals surface area contributed by atoms with Crippen LogP contribution >= 0.6 is 12.6 Å². The van der Waals surface area contributed by atoms with Gasteiger partial charge in [0.1, 0.15) is 0 Å². The Morgan fingerprint density at radius 1 is 1.55 bits per heavy atom. The summed E-state index contributed by atoms with van der Waals surface area (Å²) in [5, 5.41) is 0. The highest BCUT2D eigenvalue weighted by Gasteiger charge is 2.52. The molecule has 0 aliphatic heterocycles. The second-order valence-corrected chi connectivity index (χ2v) is 4.89. The maximum atomic E-state index is 5.69. The van der Waals surface area contributed by atoms with Crippen molar-refractivity contribution in [3.8, 4) is 0 Å². The van der Waals surface area contributed by atoms with Crippen LogP contribution in [0.2, 0.25) is 0 Å². The molecule has 0 spiro atoms. The van der Waals surface area contributed by atoms with Crippen LogP contribution in [0.3, 0.4) is 0 Å². The van der Waals surface area contributed by atoms with Gasteiger partial charge in [0, 0.05) is 4.75 Å². The van der Waals surface area contributed by atoms with Gasteiger partial charge in [-0.15, -0.1) is 0 Å². The van der Waals surface area contributed by atoms with Crippen molar-refractivity contribution in [2.75, 3.05) is 6.54 Å². The highest BCUT2D eigenvalue weighted by molar-refractivity contribution is 7.81. The molecule has 0 bridgehead atoms. The van der Waals surface area contributed by atoms with E-state index in [-0.39, 0.29) is 4.75 Å². The summed E-state index contributed by atoms with van der Waals surface area (Å²) in [4.78, 5) is 0. The minimum Gasteiger partial charge on any atom is -0.330 e. The Kier molecular flexibility index (Phi) is 2.55. The molecule has 0 aromatic rings. The number of hydrogen-bond acceptors (Lipinski definition) is 2. The zero-order chi connectivity index (χ0) is 8.65. The smallest absolute Gasteiger partial charge is 0.0173 e. The van der Waals surface area contributed by atoms with Gasteiger partial charge in [0.05, 0.1) is 0 Å². The fourth-order valence-corrected chi connectivity index (χ4v) is 2.97. The molecule has 0 heterocycles. The lowest BCUT2D eigenvalue weighted by Gasteiger charge is -2.56. The van der Waals surface area contributed by atoms with Crippen molar-refractivity contribution in [2.45, 2.75) is 31.9 Å². The van der Waals surface area contributed by atoms with Gasteiger partial charge in [-0.1, -0.05) is 27.2 Å². The summed E-state index contributed by atoms with van der Waals surface area (Å²) in [5.41, 5.74) is 5.69. The molecule has 1 rings (SSSR count). The van der Waals surface area contributed by atoms with E-state index >= 15 is 0 Å². The van der Waals surface area contributed by atoms with Crippen LogP contribution in [0.4, 0.5) is 0 Å². The van der Waals surface area contributed by atoms with Crippen LogP contribution in [0.1, 0.15) is 27.2 Å². The molecule has 0 amide bonds. The van der Waals surface area contributed by atoms with Gasteiger partial charge in [0.25, 0.3) is 0 Å². The van der Waals surface area contributed by atoms with Gasteiger partial charge in [0.2, 0.25) is 0 Å². The third-order valence-electron chi connectivity index (χ3n) is 3.56. The van der Waals surface area contributed by atoms with Gasteiger partial charge in [-0.3, -0.25) is 0 Å². The monoisotopic (exact) mass is 173 g/mol. The van der Waals surface area contributed by atoms with Crippen molar-refractivity contribution in [1.29, 1.82) is 0 Å². The van der Waals surface area contributed by atoms with E-state index in [4.69, 9.17) is 5.73 Å². The van der Waals surface area contributed by atoms with Gasteiger partial charge in [-0.2, -0.15) is 12.6 Å². The third-order valence-corrected chi connectivity index (χ3v) is 4.30. The van der Waals surface area contributed by atoms with Crippen molar-refractivity contribution in [1.82, 2.24) is 0 Å². The van der Waals surface area contributed by atoms with Crippen molar-refractivity contribution in [2.24, 2.45) is 23.5 Å². The van der Waals surface area contributed by atoms with Gasteiger partial charge in [0.15, 0.2) is 0 Å². The van der Waals surface area contributed by atoms with Crippen molar-refractivity contribution in [3.63, 3.8) is 0 Å². The Balaban J connectivity index is 2.62. The van der Waals surface area contributed by atoms with Crippen LogP contribution in [-0.4, -0.2) is 11.3 Å². The Hall–Kier alpha value is 0.310. The van der Waals surface area contributed by atoms with Crippen LogP contribution in [-0.2, 0) is 0 Å². The van der Waals surface area contributed by atoms with E-state index in [0.717, 1.165) is 18.4 Å². The summed E-state index contributed by atoms with van der Waals surface area (Å²) in [6, 6.07) is 0. The summed E-state index contributed by atoms with van der Waals surface area (Å²) < 4.78 is 0.190. The van der Waals surface area contributed by atoms with E-state index in [2.05, 4.69) is 33.4 Å². The molecule has 66 valence electrons. The quantitative estimate of drug-likeness (QED) is 0.613. The van der Waals surface area contributed by atoms with E-state index in [1.807, 2.05) is 0 Å². The minimum atomic E-state index is 0.190. The first-order chi connectivity index (χ1) is 5.05. The molecule has 1 saturated carbocycles. The third kappa shape index (κ3) is 1.20. The average Bonchev–Trinajstić information content (AvgIpc) is 1.98. The molecule has 1 aliphatic carbocycles. The Morgan fingerprint density at radius 2 is 2.09 bits per heavy atom. The molecule has 0 saturated heterocycles. The number of hydrogen-bond donors (Lipinski definition) is 2. The fraction of sp³-hybridized carbons (Fsp3) is 1.00. The van der Waals surface area contributed by atoms with Crippen molar-refractivity contribution < 1.29 is 0 Å². The van der Waals surface area contributed by atoms with Crippen molar-refractivity contribution >= 4 is 12.6 Å². The summed E-state index contributed by atoms with van der Waals surface area (Å²) in [7, 11) is 0. The molecule has 1 aliphatic rings. The maximum absolute atomic E-state index is 5.69. The lowest BCUT2D eigenvalue weighted by molar-refractivity contribution is 0.0377. The molecule has 1 nitrogen and oxygen atoms in total. The second kappa shape index (κ2) is 2.98. The van der Waals surface area contributed by atoms with E-state index in [1.165, 1.54) is 6.42 Å². The average molecular weight is 173 g/mol. The topological polar surface area (TPSA) is 26.0 Å². The summed E-state index contributed by atoms with van der Waals surface area (Å²) >= 11 is 4.64. The number of rotatable bonds is 2. The zero-order valence-electron chi connectivity index (χ0n) is 7.67. The predicted octanol–water partition coefficient (Wildman–Crippen LogP) is 1.93. The van der Waals surface area contributed by atoms with Crippen LogP contribution in [0.15, 0.2) is 0 Å². The SMILES string of the molecule is CCC1C(C)[C@](C)(S)C1CN. The Morgan fingerprint density at radius 3 is 2.36 bits per heavy atom. The summed E-state index contributed by atoms with van der Waals surface area (Å²) in [6.07, 6.45) is 1.25. The van der Waals surface area contributed by atoms with Crippen LogP contribution < -0.4 is 5.73 Å².